The van der Waals surface area contributed by atoms with E-state index in [1.807, 2.05) is 0 Å². The summed E-state index contributed by atoms with van der Waals surface area (Å²) in [5.74, 6) is -0.129. The molecule has 0 fully saturated rings. The van der Waals surface area contributed by atoms with Crippen molar-refractivity contribution in [2.24, 2.45) is 5.10 Å². The molecule has 1 aromatic carbocycles. The minimum atomic E-state index is -0.640. The summed E-state index contributed by atoms with van der Waals surface area (Å²) in [5, 5.41) is 4.17. The zero-order valence-electron chi connectivity index (χ0n) is 18.0. The van der Waals surface area contributed by atoms with E-state index in [0.717, 1.165) is 12.0 Å². The van der Waals surface area contributed by atoms with Crippen LogP contribution in [0.2, 0.25) is 0 Å². The second-order valence-corrected chi connectivity index (χ2v) is 6.97. The van der Waals surface area contributed by atoms with E-state index in [-0.39, 0.29) is 17.9 Å². The van der Waals surface area contributed by atoms with Gasteiger partial charge in [0.1, 0.15) is 5.76 Å². The normalized spacial score (nSPS) is 14.0. The van der Waals surface area contributed by atoms with Crippen LogP contribution >= 0.6 is 0 Å². The largest absolute Gasteiger partial charge is 0.465 e. The predicted molar refractivity (Wildman–Crippen MR) is 114 cm³/mol. The molecule has 2 amide bonds. The summed E-state index contributed by atoms with van der Waals surface area (Å²) in [6.07, 6.45) is 1.43. The van der Waals surface area contributed by atoms with Crippen molar-refractivity contribution in [1.82, 2.24) is 5.43 Å². The Morgan fingerprint density at radius 3 is 2.68 bits per heavy atom. The highest BCUT2D eigenvalue weighted by Gasteiger charge is 2.30. The predicted octanol–water partition coefficient (Wildman–Crippen LogP) is 3.44. The molecule has 31 heavy (non-hydrogen) atoms. The standard InChI is InChI=1S/C22H25N3O6/c1-5-30-22(28)24-23-15-10-8-12-17-18(15)13(2)19(31-17)20(26)25(3)16-11-7-6-9-14(16)21(27)29-4/h6-7,9,11H,5,8,10,12H2,1-4H3,(H,24,28)/b23-15+. The lowest BCUT2D eigenvalue weighted by Gasteiger charge is -2.19. The van der Waals surface area contributed by atoms with Crippen molar-refractivity contribution in [1.29, 1.82) is 0 Å². The number of rotatable bonds is 5. The van der Waals surface area contributed by atoms with Gasteiger partial charge in [-0.25, -0.2) is 15.0 Å². The highest BCUT2D eigenvalue weighted by molar-refractivity contribution is 6.11. The minimum Gasteiger partial charge on any atom is -0.465 e. The number of carbonyl (C=O) groups excluding carboxylic acids is 3. The van der Waals surface area contributed by atoms with E-state index in [1.54, 1.807) is 45.2 Å². The second kappa shape index (κ2) is 9.46. The van der Waals surface area contributed by atoms with Crippen molar-refractivity contribution >= 4 is 29.4 Å². The summed E-state index contributed by atoms with van der Waals surface area (Å²) >= 11 is 0. The van der Waals surface area contributed by atoms with Crippen LogP contribution in [0, 0.1) is 6.92 Å². The highest BCUT2D eigenvalue weighted by Crippen LogP contribution is 2.31. The average molecular weight is 427 g/mol. The van der Waals surface area contributed by atoms with E-state index in [9.17, 15) is 14.4 Å². The van der Waals surface area contributed by atoms with Crippen LogP contribution in [-0.4, -0.2) is 44.4 Å². The van der Waals surface area contributed by atoms with Crippen LogP contribution < -0.4 is 10.3 Å². The van der Waals surface area contributed by atoms with Gasteiger partial charge < -0.3 is 18.8 Å². The number of hydrogen-bond acceptors (Lipinski definition) is 7. The Morgan fingerprint density at radius 2 is 1.97 bits per heavy atom. The monoisotopic (exact) mass is 427 g/mol. The first-order valence-electron chi connectivity index (χ1n) is 9.96. The molecule has 0 saturated carbocycles. The van der Waals surface area contributed by atoms with E-state index in [4.69, 9.17) is 13.9 Å². The summed E-state index contributed by atoms with van der Waals surface area (Å²) in [7, 11) is 2.86. The molecular formula is C22H25N3O6. The maximum atomic E-state index is 13.3. The van der Waals surface area contributed by atoms with Crippen LogP contribution in [-0.2, 0) is 15.9 Å². The third-order valence-electron chi connectivity index (χ3n) is 5.05. The first kappa shape index (κ1) is 22.1. The number of esters is 1. The minimum absolute atomic E-state index is 0.165. The van der Waals surface area contributed by atoms with Gasteiger partial charge in [0.2, 0.25) is 0 Å². The Balaban J connectivity index is 1.93. The molecule has 0 bridgehead atoms. The molecule has 1 N–H and O–H groups in total. The van der Waals surface area contributed by atoms with Crippen molar-refractivity contribution in [2.75, 3.05) is 25.7 Å². The molecule has 0 aliphatic heterocycles. The molecule has 1 aromatic heterocycles. The van der Waals surface area contributed by atoms with Gasteiger partial charge in [-0.15, -0.1) is 0 Å². The molecule has 1 heterocycles. The number of methoxy groups -OCH3 is 1. The number of carbonyl (C=O) groups is 3. The summed E-state index contributed by atoms with van der Waals surface area (Å²) in [4.78, 5) is 38.3. The Labute approximate surface area is 180 Å². The van der Waals surface area contributed by atoms with Crippen LogP contribution in [0.3, 0.4) is 0 Å². The molecule has 0 atom stereocenters. The number of amides is 2. The van der Waals surface area contributed by atoms with Gasteiger partial charge in [0.15, 0.2) is 5.76 Å². The van der Waals surface area contributed by atoms with Gasteiger partial charge in [-0.3, -0.25) is 4.79 Å². The maximum Gasteiger partial charge on any atom is 0.427 e. The van der Waals surface area contributed by atoms with Gasteiger partial charge in [-0.05, 0) is 38.8 Å². The molecule has 0 spiro atoms. The van der Waals surface area contributed by atoms with Crippen molar-refractivity contribution in [3.63, 3.8) is 0 Å². The number of hydrogen-bond donors (Lipinski definition) is 1. The fourth-order valence-electron chi connectivity index (χ4n) is 3.57. The number of ether oxygens (including phenoxy) is 2. The summed E-state index contributed by atoms with van der Waals surface area (Å²) < 4.78 is 15.6. The molecule has 164 valence electrons. The zero-order valence-corrected chi connectivity index (χ0v) is 18.0. The summed E-state index contributed by atoms with van der Waals surface area (Å²) in [6.45, 7) is 3.73. The van der Waals surface area contributed by atoms with E-state index in [2.05, 4.69) is 10.5 Å². The van der Waals surface area contributed by atoms with E-state index in [1.165, 1.54) is 12.0 Å². The van der Waals surface area contributed by atoms with Gasteiger partial charge >= 0.3 is 12.1 Å². The van der Waals surface area contributed by atoms with Crippen LogP contribution in [0.1, 0.15) is 57.6 Å². The van der Waals surface area contributed by atoms with Crippen LogP contribution in [0.5, 0.6) is 0 Å². The van der Waals surface area contributed by atoms with E-state index < -0.39 is 18.0 Å². The lowest BCUT2D eigenvalue weighted by molar-refractivity contribution is 0.0601. The van der Waals surface area contributed by atoms with Gasteiger partial charge in [0, 0.05) is 24.6 Å². The number of benzene rings is 1. The molecule has 0 unspecified atom stereocenters. The zero-order chi connectivity index (χ0) is 22.5. The molecule has 2 aromatic rings. The fourth-order valence-corrected chi connectivity index (χ4v) is 3.57. The number of aryl methyl sites for hydroxylation is 1. The number of para-hydroxylation sites is 1. The number of anilines is 1. The second-order valence-electron chi connectivity index (χ2n) is 6.97. The molecule has 3 rings (SSSR count). The molecular weight excluding hydrogens is 402 g/mol. The Bertz CT molecular complexity index is 1040. The van der Waals surface area contributed by atoms with Crippen molar-refractivity contribution in [3.8, 4) is 0 Å². The lowest BCUT2D eigenvalue weighted by Crippen LogP contribution is -2.28. The summed E-state index contributed by atoms with van der Waals surface area (Å²) in [6, 6.07) is 6.69. The van der Waals surface area contributed by atoms with Crippen molar-refractivity contribution < 1.29 is 28.3 Å². The van der Waals surface area contributed by atoms with Gasteiger partial charge in [0.05, 0.1) is 30.7 Å². The Hall–Kier alpha value is -3.62. The maximum absolute atomic E-state index is 13.3. The number of nitrogens with one attached hydrogen (secondary N) is 1. The van der Waals surface area contributed by atoms with Crippen molar-refractivity contribution in [2.45, 2.75) is 33.1 Å². The smallest absolute Gasteiger partial charge is 0.427 e. The van der Waals surface area contributed by atoms with Crippen LogP contribution in [0.25, 0.3) is 0 Å². The highest BCUT2D eigenvalue weighted by atomic mass is 16.5. The number of nitrogens with zero attached hydrogens (tertiary/aromatic N) is 2. The SMILES string of the molecule is CCOC(=O)N/N=C1\CCCc2oc(C(=O)N(C)c3ccccc3C(=O)OC)c(C)c21. The molecule has 1 aliphatic rings. The van der Waals surface area contributed by atoms with Gasteiger partial charge in [-0.1, -0.05) is 12.1 Å². The lowest BCUT2D eigenvalue weighted by atomic mass is 9.93. The van der Waals surface area contributed by atoms with Gasteiger partial charge in [-0.2, -0.15) is 5.10 Å². The van der Waals surface area contributed by atoms with Crippen LogP contribution in [0.15, 0.2) is 33.8 Å². The molecule has 9 heteroatoms. The molecule has 1 aliphatic carbocycles. The van der Waals surface area contributed by atoms with Gasteiger partial charge in [0.25, 0.3) is 5.91 Å². The topological polar surface area (TPSA) is 110 Å². The third kappa shape index (κ3) is 4.45. The average Bonchev–Trinajstić information content (AvgIpc) is 3.13. The number of fused-ring (bicyclic) bond motifs is 1. The Morgan fingerprint density at radius 1 is 1.23 bits per heavy atom. The molecule has 0 radical (unpaired) electrons. The quantitative estimate of drug-likeness (QED) is 0.578. The first-order valence-corrected chi connectivity index (χ1v) is 9.96. The van der Waals surface area contributed by atoms with Crippen LogP contribution in [0.4, 0.5) is 10.5 Å². The summed E-state index contributed by atoms with van der Waals surface area (Å²) in [5.41, 5.74) is 5.04. The van der Waals surface area contributed by atoms with Crippen molar-refractivity contribution in [3.05, 3.63) is 52.5 Å². The number of hydrazone groups is 1. The van der Waals surface area contributed by atoms with E-state index in [0.29, 0.717) is 35.6 Å². The first-order chi connectivity index (χ1) is 14.9. The fraction of sp³-hybridized carbons (Fsp3) is 0.364. The number of furan rings is 1. The molecule has 0 saturated heterocycles. The Kier molecular flexibility index (Phi) is 6.74. The molecule has 9 nitrogen and oxygen atoms in total. The van der Waals surface area contributed by atoms with E-state index >= 15 is 0 Å². The third-order valence-corrected chi connectivity index (χ3v) is 5.05.